The van der Waals surface area contributed by atoms with Gasteiger partial charge in [0, 0.05) is 37.1 Å². The van der Waals surface area contributed by atoms with E-state index in [0.29, 0.717) is 65.9 Å². The fourth-order valence-electron chi connectivity index (χ4n) is 2.93. The molecule has 29 heavy (non-hydrogen) atoms. The van der Waals surface area contributed by atoms with Crippen molar-refractivity contribution in [2.45, 2.75) is 20.3 Å². The summed E-state index contributed by atoms with van der Waals surface area (Å²) < 4.78 is 5.30. The summed E-state index contributed by atoms with van der Waals surface area (Å²) in [4.78, 5) is 33.0. The van der Waals surface area contributed by atoms with Crippen LogP contribution in [0.1, 0.15) is 30.8 Å². The molecular weight excluding hydrogens is 433 g/mol. The number of aromatic nitrogens is 1. The summed E-state index contributed by atoms with van der Waals surface area (Å²) in [6, 6.07) is 5.28. The largest absolute Gasteiger partial charge is 0.449 e. The molecule has 0 unspecified atom stereocenters. The number of halogens is 2. The second kappa shape index (κ2) is 9.78. The van der Waals surface area contributed by atoms with Gasteiger partial charge in [-0.15, -0.1) is 11.3 Å². The Balaban J connectivity index is 1.63. The van der Waals surface area contributed by atoms with Gasteiger partial charge in [-0.05, 0) is 24.5 Å². The SMILES string of the molecule is CC(C)COC(=O)N1CCCN(C(=O)c2csc(-c3ccc(Cl)c(Cl)c3)n2)CC1. The molecule has 0 aliphatic carbocycles. The van der Waals surface area contributed by atoms with Crippen LogP contribution in [0.25, 0.3) is 10.6 Å². The lowest BCUT2D eigenvalue weighted by atomic mass is 10.2. The van der Waals surface area contributed by atoms with Crippen LogP contribution in [0.2, 0.25) is 10.0 Å². The van der Waals surface area contributed by atoms with Crippen molar-refractivity contribution < 1.29 is 14.3 Å². The van der Waals surface area contributed by atoms with Gasteiger partial charge in [0.05, 0.1) is 16.7 Å². The molecule has 0 spiro atoms. The van der Waals surface area contributed by atoms with Crippen molar-refractivity contribution in [3.63, 3.8) is 0 Å². The summed E-state index contributed by atoms with van der Waals surface area (Å²) in [6.07, 6.45) is 0.385. The van der Waals surface area contributed by atoms with Crippen molar-refractivity contribution >= 4 is 46.5 Å². The Morgan fingerprint density at radius 2 is 1.86 bits per heavy atom. The number of thiazole rings is 1. The van der Waals surface area contributed by atoms with E-state index in [9.17, 15) is 9.59 Å². The molecule has 1 aromatic carbocycles. The van der Waals surface area contributed by atoms with Crippen molar-refractivity contribution in [2.24, 2.45) is 5.92 Å². The highest BCUT2D eigenvalue weighted by atomic mass is 35.5. The van der Waals surface area contributed by atoms with Crippen LogP contribution in [0.4, 0.5) is 4.79 Å². The van der Waals surface area contributed by atoms with Crippen molar-refractivity contribution in [1.82, 2.24) is 14.8 Å². The van der Waals surface area contributed by atoms with Crippen molar-refractivity contribution in [2.75, 3.05) is 32.8 Å². The third-order valence-corrected chi connectivity index (χ3v) is 6.10. The van der Waals surface area contributed by atoms with E-state index in [4.69, 9.17) is 27.9 Å². The summed E-state index contributed by atoms with van der Waals surface area (Å²) >= 11 is 13.4. The second-order valence-corrected chi connectivity index (χ2v) is 8.94. The van der Waals surface area contributed by atoms with Crippen molar-refractivity contribution in [3.8, 4) is 10.6 Å². The van der Waals surface area contributed by atoms with Gasteiger partial charge in [-0.1, -0.05) is 43.1 Å². The molecule has 1 aliphatic heterocycles. The minimum Gasteiger partial charge on any atom is -0.449 e. The van der Waals surface area contributed by atoms with E-state index < -0.39 is 0 Å². The number of ether oxygens (including phenoxy) is 1. The zero-order chi connectivity index (χ0) is 21.0. The summed E-state index contributed by atoms with van der Waals surface area (Å²) in [6.45, 7) is 6.45. The predicted molar refractivity (Wildman–Crippen MR) is 116 cm³/mol. The molecule has 0 atom stereocenters. The number of benzene rings is 1. The predicted octanol–water partition coefficient (Wildman–Crippen LogP) is 5.06. The maximum Gasteiger partial charge on any atom is 0.409 e. The smallest absolute Gasteiger partial charge is 0.409 e. The van der Waals surface area contributed by atoms with Gasteiger partial charge in [-0.2, -0.15) is 0 Å². The fourth-order valence-corrected chi connectivity index (χ4v) is 4.02. The van der Waals surface area contributed by atoms with Gasteiger partial charge in [0.1, 0.15) is 10.7 Å². The maximum atomic E-state index is 12.9. The highest BCUT2D eigenvalue weighted by Gasteiger charge is 2.25. The minimum absolute atomic E-state index is 0.134. The fraction of sp³-hybridized carbons (Fsp3) is 0.450. The molecule has 2 amide bonds. The molecule has 0 saturated carbocycles. The molecule has 2 heterocycles. The summed E-state index contributed by atoms with van der Waals surface area (Å²) in [5.41, 5.74) is 1.21. The Kier molecular flexibility index (Phi) is 7.38. The first-order chi connectivity index (χ1) is 13.8. The van der Waals surface area contributed by atoms with E-state index in [2.05, 4.69) is 4.98 Å². The summed E-state index contributed by atoms with van der Waals surface area (Å²) in [5.74, 6) is 0.156. The molecule has 2 aromatic rings. The summed E-state index contributed by atoms with van der Waals surface area (Å²) in [5, 5.41) is 3.38. The Hall–Kier alpha value is -1.83. The van der Waals surface area contributed by atoms with E-state index >= 15 is 0 Å². The quantitative estimate of drug-likeness (QED) is 0.646. The molecule has 6 nitrogen and oxygen atoms in total. The highest BCUT2D eigenvalue weighted by Crippen LogP contribution is 2.30. The lowest BCUT2D eigenvalue weighted by Gasteiger charge is -2.21. The average molecular weight is 456 g/mol. The lowest BCUT2D eigenvalue weighted by molar-refractivity contribution is 0.0742. The zero-order valence-electron chi connectivity index (χ0n) is 16.4. The maximum absolute atomic E-state index is 12.9. The zero-order valence-corrected chi connectivity index (χ0v) is 18.7. The first-order valence-corrected chi connectivity index (χ1v) is 11.1. The molecule has 0 N–H and O–H groups in total. The third kappa shape index (κ3) is 5.62. The monoisotopic (exact) mass is 455 g/mol. The standard InChI is InChI=1S/C20H23Cl2N3O3S/c1-13(2)11-28-20(27)25-7-3-6-24(8-9-25)19(26)17-12-29-18(23-17)14-4-5-15(21)16(22)10-14/h4-5,10,12-13H,3,6-9,11H2,1-2H3. The molecule has 0 radical (unpaired) electrons. The van der Waals surface area contributed by atoms with E-state index in [1.54, 1.807) is 27.3 Å². The molecule has 0 bridgehead atoms. The first kappa shape index (κ1) is 21.9. The van der Waals surface area contributed by atoms with E-state index in [0.717, 1.165) is 5.56 Å². The van der Waals surface area contributed by atoms with Crippen LogP contribution in [0, 0.1) is 5.92 Å². The molecule has 1 aliphatic rings. The molecule has 3 rings (SSSR count). The highest BCUT2D eigenvalue weighted by molar-refractivity contribution is 7.13. The van der Waals surface area contributed by atoms with Gasteiger partial charge < -0.3 is 14.5 Å². The number of hydrogen-bond donors (Lipinski definition) is 0. The van der Waals surface area contributed by atoms with Crippen LogP contribution in [-0.4, -0.2) is 59.6 Å². The van der Waals surface area contributed by atoms with Crippen LogP contribution in [-0.2, 0) is 4.74 Å². The van der Waals surface area contributed by atoms with Crippen molar-refractivity contribution in [3.05, 3.63) is 39.3 Å². The molecular formula is C20H23Cl2N3O3S. The van der Waals surface area contributed by atoms with Gasteiger partial charge in [0.2, 0.25) is 0 Å². The van der Waals surface area contributed by atoms with Crippen LogP contribution in [0.3, 0.4) is 0 Å². The van der Waals surface area contributed by atoms with Gasteiger partial charge in [-0.25, -0.2) is 9.78 Å². The molecule has 9 heteroatoms. The summed E-state index contributed by atoms with van der Waals surface area (Å²) in [7, 11) is 0. The average Bonchev–Trinajstić information content (AvgIpc) is 3.05. The van der Waals surface area contributed by atoms with Crippen LogP contribution in [0.15, 0.2) is 23.6 Å². The van der Waals surface area contributed by atoms with Crippen molar-refractivity contribution in [1.29, 1.82) is 0 Å². The van der Waals surface area contributed by atoms with Gasteiger partial charge in [0.15, 0.2) is 0 Å². The minimum atomic E-state index is -0.316. The number of rotatable bonds is 4. The number of hydrogen-bond acceptors (Lipinski definition) is 5. The number of carbonyl (C=O) groups excluding carboxylic acids is 2. The Morgan fingerprint density at radius 1 is 1.14 bits per heavy atom. The van der Waals surface area contributed by atoms with E-state index in [1.165, 1.54) is 11.3 Å². The van der Waals surface area contributed by atoms with E-state index in [1.807, 2.05) is 19.9 Å². The number of carbonyl (C=O) groups is 2. The molecule has 1 fully saturated rings. The van der Waals surface area contributed by atoms with Crippen LogP contribution < -0.4 is 0 Å². The first-order valence-electron chi connectivity index (χ1n) is 9.47. The number of amides is 2. The van der Waals surface area contributed by atoms with Gasteiger partial charge >= 0.3 is 6.09 Å². The molecule has 1 aromatic heterocycles. The third-order valence-electron chi connectivity index (χ3n) is 4.47. The number of nitrogens with zero attached hydrogens (tertiary/aromatic N) is 3. The van der Waals surface area contributed by atoms with Gasteiger partial charge in [0.25, 0.3) is 5.91 Å². The normalized spacial score (nSPS) is 14.8. The van der Waals surface area contributed by atoms with Gasteiger partial charge in [-0.3, -0.25) is 4.79 Å². The molecule has 1 saturated heterocycles. The topological polar surface area (TPSA) is 62.7 Å². The second-order valence-electron chi connectivity index (χ2n) is 7.27. The van der Waals surface area contributed by atoms with E-state index in [-0.39, 0.29) is 12.0 Å². The van der Waals surface area contributed by atoms with Crippen LogP contribution >= 0.6 is 34.5 Å². The lowest BCUT2D eigenvalue weighted by Crippen LogP contribution is -2.38. The Morgan fingerprint density at radius 3 is 2.59 bits per heavy atom. The van der Waals surface area contributed by atoms with Crippen LogP contribution in [0.5, 0.6) is 0 Å². The Labute approximate surface area is 184 Å². The molecule has 156 valence electrons. The Bertz CT molecular complexity index is 888.